The molecule has 0 aliphatic heterocycles. The van der Waals surface area contributed by atoms with Gasteiger partial charge in [0, 0.05) is 6.54 Å². The van der Waals surface area contributed by atoms with Crippen LogP contribution in [0.25, 0.3) is 0 Å². The summed E-state index contributed by atoms with van der Waals surface area (Å²) in [5.41, 5.74) is 1.57. The molecule has 3 nitrogen and oxygen atoms in total. The Morgan fingerprint density at radius 1 is 1.25 bits per heavy atom. The highest BCUT2D eigenvalue weighted by Crippen LogP contribution is 2.23. The first-order valence-corrected chi connectivity index (χ1v) is 7.27. The van der Waals surface area contributed by atoms with E-state index in [1.165, 1.54) is 5.56 Å². The molecule has 1 amide bonds. The fraction of sp³-hybridized carbons (Fsp3) is 0.588. The van der Waals surface area contributed by atoms with Gasteiger partial charge in [-0.2, -0.15) is 0 Å². The van der Waals surface area contributed by atoms with Crippen LogP contribution in [0, 0.1) is 12.8 Å². The minimum Gasteiger partial charge on any atom is -0.391 e. The molecule has 0 spiro atoms. The van der Waals surface area contributed by atoms with Crippen LogP contribution in [0.5, 0.6) is 0 Å². The van der Waals surface area contributed by atoms with E-state index in [9.17, 15) is 9.90 Å². The Morgan fingerprint density at radius 3 is 2.30 bits per heavy atom. The topological polar surface area (TPSA) is 49.3 Å². The number of aliphatic hydroxyl groups excluding tert-OH is 1. The average molecular weight is 277 g/mol. The molecular weight excluding hydrogens is 250 g/mol. The van der Waals surface area contributed by atoms with Crippen LogP contribution in [-0.4, -0.2) is 23.7 Å². The molecule has 1 atom stereocenters. The lowest BCUT2D eigenvalue weighted by molar-refractivity contribution is -0.126. The molecule has 0 radical (unpaired) electrons. The summed E-state index contributed by atoms with van der Waals surface area (Å²) in [7, 11) is 0. The number of aliphatic hydroxyl groups is 1. The van der Waals surface area contributed by atoms with E-state index in [1.54, 1.807) is 0 Å². The normalized spacial score (nSPS) is 13.3. The van der Waals surface area contributed by atoms with Crippen LogP contribution in [0.15, 0.2) is 24.3 Å². The Morgan fingerprint density at radius 2 is 1.80 bits per heavy atom. The highest BCUT2D eigenvalue weighted by molar-refractivity contribution is 5.87. The molecule has 2 N–H and O–H groups in total. The molecule has 20 heavy (non-hydrogen) atoms. The third-order valence-electron chi connectivity index (χ3n) is 3.58. The quantitative estimate of drug-likeness (QED) is 0.840. The number of rotatable bonds is 6. The standard InChI is InChI=1S/C17H27NO2/c1-12(2)10-15(19)11-18-16(20)17(4,5)14-8-6-13(3)7-9-14/h6-9,12,15,19H,10-11H2,1-5H3,(H,18,20). The highest BCUT2D eigenvalue weighted by Gasteiger charge is 2.29. The maximum Gasteiger partial charge on any atom is 0.230 e. The van der Waals surface area contributed by atoms with E-state index < -0.39 is 11.5 Å². The van der Waals surface area contributed by atoms with Crippen molar-refractivity contribution in [3.8, 4) is 0 Å². The molecule has 112 valence electrons. The number of hydrogen-bond donors (Lipinski definition) is 2. The zero-order valence-electron chi connectivity index (χ0n) is 13.2. The molecule has 0 saturated carbocycles. The molecule has 1 aromatic carbocycles. The van der Waals surface area contributed by atoms with Gasteiger partial charge in [0.2, 0.25) is 5.91 Å². The van der Waals surface area contributed by atoms with Crippen LogP contribution in [0.1, 0.15) is 45.2 Å². The minimum absolute atomic E-state index is 0.0517. The van der Waals surface area contributed by atoms with Gasteiger partial charge in [-0.3, -0.25) is 4.79 Å². The summed E-state index contributed by atoms with van der Waals surface area (Å²) in [6.45, 7) is 10.3. The monoisotopic (exact) mass is 277 g/mol. The minimum atomic E-state index is -0.592. The fourth-order valence-corrected chi connectivity index (χ4v) is 2.16. The molecular formula is C17H27NO2. The van der Waals surface area contributed by atoms with Crippen molar-refractivity contribution in [2.24, 2.45) is 5.92 Å². The lowest BCUT2D eigenvalue weighted by Crippen LogP contribution is -2.43. The van der Waals surface area contributed by atoms with Crippen molar-refractivity contribution in [1.82, 2.24) is 5.32 Å². The number of amides is 1. The predicted molar refractivity (Wildman–Crippen MR) is 82.7 cm³/mol. The summed E-state index contributed by atoms with van der Waals surface area (Å²) < 4.78 is 0. The number of nitrogens with one attached hydrogen (secondary N) is 1. The Labute approximate surface area is 122 Å². The van der Waals surface area contributed by atoms with Crippen LogP contribution in [0.4, 0.5) is 0 Å². The second-order valence-corrected chi connectivity index (χ2v) is 6.48. The molecule has 0 heterocycles. The molecule has 0 saturated heterocycles. The lowest BCUT2D eigenvalue weighted by Gasteiger charge is -2.25. The van der Waals surface area contributed by atoms with Crippen molar-refractivity contribution in [2.45, 2.75) is 52.6 Å². The Bertz CT molecular complexity index is 435. The number of carbonyl (C=O) groups excluding carboxylic acids is 1. The van der Waals surface area contributed by atoms with Crippen molar-refractivity contribution in [3.05, 3.63) is 35.4 Å². The summed E-state index contributed by atoms with van der Waals surface area (Å²) in [6, 6.07) is 7.99. The van der Waals surface area contributed by atoms with Gasteiger partial charge in [0.1, 0.15) is 0 Å². The fourth-order valence-electron chi connectivity index (χ4n) is 2.16. The Kier molecular flexibility index (Phi) is 5.75. The highest BCUT2D eigenvalue weighted by atomic mass is 16.3. The van der Waals surface area contributed by atoms with Gasteiger partial charge in [0.05, 0.1) is 11.5 Å². The molecule has 0 bridgehead atoms. The van der Waals surface area contributed by atoms with Crippen molar-refractivity contribution < 1.29 is 9.90 Å². The average Bonchev–Trinajstić information content (AvgIpc) is 2.35. The van der Waals surface area contributed by atoms with Gasteiger partial charge in [-0.1, -0.05) is 43.7 Å². The number of hydrogen-bond acceptors (Lipinski definition) is 2. The molecule has 0 aromatic heterocycles. The van der Waals surface area contributed by atoms with Gasteiger partial charge in [-0.25, -0.2) is 0 Å². The Balaban J connectivity index is 2.63. The maximum absolute atomic E-state index is 12.3. The number of carbonyl (C=O) groups is 1. The SMILES string of the molecule is Cc1ccc(C(C)(C)C(=O)NCC(O)CC(C)C)cc1. The van der Waals surface area contributed by atoms with E-state index in [0.717, 1.165) is 5.56 Å². The first kappa shape index (κ1) is 16.7. The molecule has 1 rings (SSSR count). The summed E-state index contributed by atoms with van der Waals surface area (Å²) in [4.78, 5) is 12.3. The molecule has 0 fully saturated rings. The van der Waals surface area contributed by atoms with Crippen LogP contribution >= 0.6 is 0 Å². The molecule has 1 unspecified atom stereocenters. The first-order chi connectivity index (χ1) is 9.23. The van der Waals surface area contributed by atoms with Crippen molar-refractivity contribution >= 4 is 5.91 Å². The second kappa shape index (κ2) is 6.89. The zero-order valence-corrected chi connectivity index (χ0v) is 13.2. The molecule has 1 aromatic rings. The van der Waals surface area contributed by atoms with Gasteiger partial charge in [-0.05, 0) is 38.7 Å². The second-order valence-electron chi connectivity index (χ2n) is 6.48. The molecule has 3 heteroatoms. The van der Waals surface area contributed by atoms with Gasteiger partial charge < -0.3 is 10.4 Å². The smallest absolute Gasteiger partial charge is 0.230 e. The first-order valence-electron chi connectivity index (χ1n) is 7.27. The van der Waals surface area contributed by atoms with E-state index in [1.807, 2.05) is 45.0 Å². The van der Waals surface area contributed by atoms with Gasteiger partial charge >= 0.3 is 0 Å². The largest absolute Gasteiger partial charge is 0.391 e. The molecule has 0 aliphatic rings. The number of aryl methyl sites for hydroxylation is 1. The van der Waals surface area contributed by atoms with Crippen molar-refractivity contribution in [1.29, 1.82) is 0 Å². The van der Waals surface area contributed by atoms with Gasteiger partial charge in [0.25, 0.3) is 0 Å². The van der Waals surface area contributed by atoms with Gasteiger partial charge in [0.15, 0.2) is 0 Å². The summed E-state index contributed by atoms with van der Waals surface area (Å²) in [5.74, 6) is 0.371. The van der Waals surface area contributed by atoms with Crippen LogP contribution in [0.3, 0.4) is 0 Å². The van der Waals surface area contributed by atoms with E-state index >= 15 is 0 Å². The predicted octanol–water partition coefficient (Wildman–Crippen LogP) is 2.80. The third kappa shape index (κ3) is 4.64. The van der Waals surface area contributed by atoms with E-state index in [-0.39, 0.29) is 5.91 Å². The van der Waals surface area contributed by atoms with Crippen molar-refractivity contribution in [3.63, 3.8) is 0 Å². The summed E-state index contributed by atoms with van der Waals surface area (Å²) in [5, 5.41) is 12.7. The van der Waals surface area contributed by atoms with Gasteiger partial charge in [-0.15, -0.1) is 0 Å². The van der Waals surface area contributed by atoms with Crippen LogP contribution < -0.4 is 5.32 Å². The summed E-state index contributed by atoms with van der Waals surface area (Å²) >= 11 is 0. The maximum atomic E-state index is 12.3. The number of benzene rings is 1. The van der Waals surface area contributed by atoms with E-state index in [4.69, 9.17) is 0 Å². The zero-order chi connectivity index (χ0) is 15.3. The van der Waals surface area contributed by atoms with E-state index in [2.05, 4.69) is 19.2 Å². The van der Waals surface area contributed by atoms with Crippen molar-refractivity contribution in [2.75, 3.05) is 6.54 Å². The lowest BCUT2D eigenvalue weighted by atomic mass is 9.83. The molecule has 0 aliphatic carbocycles. The third-order valence-corrected chi connectivity index (χ3v) is 3.58. The van der Waals surface area contributed by atoms with Crippen LogP contribution in [-0.2, 0) is 10.2 Å². The summed E-state index contributed by atoms with van der Waals surface area (Å²) in [6.07, 6.45) is 0.221. The Hall–Kier alpha value is -1.35. The van der Waals surface area contributed by atoms with Crippen LogP contribution in [0.2, 0.25) is 0 Å². The van der Waals surface area contributed by atoms with E-state index in [0.29, 0.717) is 18.9 Å².